The normalized spacial score (nSPS) is 21.8. The Balaban J connectivity index is 2.16. The molecule has 0 aromatic heterocycles. The average Bonchev–Trinajstić information content (AvgIpc) is 2.20. The molecule has 1 amide bonds. The van der Waals surface area contributed by atoms with Crippen LogP contribution in [0.2, 0.25) is 0 Å². The second-order valence-electron chi connectivity index (χ2n) is 3.46. The molecule has 0 bridgehead atoms. The number of nitrogens with one attached hydrogen (secondary N) is 1. The first kappa shape index (κ1) is 9.21. The summed E-state index contributed by atoms with van der Waals surface area (Å²) < 4.78 is 5.45. The predicted molar refractivity (Wildman–Crippen MR) is 52.9 cm³/mol. The number of ether oxygens (including phenoxy) is 1. The van der Waals surface area contributed by atoms with Crippen LogP contribution in [0, 0.1) is 6.92 Å². The van der Waals surface area contributed by atoms with E-state index in [9.17, 15) is 4.79 Å². The summed E-state index contributed by atoms with van der Waals surface area (Å²) in [4.78, 5) is 10.9. The molecule has 1 fully saturated rings. The first-order chi connectivity index (χ1) is 6.77. The van der Waals surface area contributed by atoms with E-state index in [0.29, 0.717) is 6.54 Å². The highest BCUT2D eigenvalue weighted by Crippen LogP contribution is 2.21. The molecule has 1 aromatic carbocycles. The van der Waals surface area contributed by atoms with E-state index in [-0.39, 0.29) is 18.6 Å². The van der Waals surface area contributed by atoms with Crippen LogP contribution in [0.25, 0.3) is 0 Å². The molecule has 0 saturated carbocycles. The molecule has 1 saturated heterocycles. The molecular formula is C11H13NO2. The number of carbonyl (C=O) groups is 1. The highest BCUT2D eigenvalue weighted by atomic mass is 16.5. The monoisotopic (exact) mass is 191 g/mol. The molecule has 1 aliphatic rings. The van der Waals surface area contributed by atoms with Gasteiger partial charge in [-0.15, -0.1) is 0 Å². The van der Waals surface area contributed by atoms with Gasteiger partial charge in [0.25, 0.3) is 0 Å². The molecular weight excluding hydrogens is 178 g/mol. The highest BCUT2D eigenvalue weighted by molar-refractivity contribution is 5.77. The molecule has 1 unspecified atom stereocenters. The topological polar surface area (TPSA) is 38.3 Å². The van der Waals surface area contributed by atoms with E-state index in [2.05, 4.69) is 18.3 Å². The molecule has 1 N–H and O–H groups in total. The lowest BCUT2D eigenvalue weighted by molar-refractivity contribution is -0.133. The van der Waals surface area contributed by atoms with Gasteiger partial charge in [-0.25, -0.2) is 0 Å². The summed E-state index contributed by atoms with van der Waals surface area (Å²) in [6.07, 6.45) is 0.00824. The minimum Gasteiger partial charge on any atom is -0.362 e. The van der Waals surface area contributed by atoms with Crippen LogP contribution in [-0.2, 0) is 9.53 Å². The molecule has 3 nitrogen and oxygen atoms in total. The molecule has 0 spiro atoms. The smallest absolute Gasteiger partial charge is 0.246 e. The Morgan fingerprint density at radius 2 is 2.21 bits per heavy atom. The predicted octanol–water partition coefficient (Wildman–Crippen LogP) is 1.18. The molecule has 3 heteroatoms. The molecule has 1 heterocycles. The lowest BCUT2D eigenvalue weighted by Gasteiger charge is -2.24. The van der Waals surface area contributed by atoms with Crippen LogP contribution in [0.15, 0.2) is 24.3 Å². The number of hydrogen-bond donors (Lipinski definition) is 1. The fourth-order valence-electron chi connectivity index (χ4n) is 1.64. The van der Waals surface area contributed by atoms with Crippen molar-refractivity contribution >= 4 is 5.91 Å². The van der Waals surface area contributed by atoms with Crippen molar-refractivity contribution < 1.29 is 9.53 Å². The summed E-state index contributed by atoms with van der Waals surface area (Å²) >= 11 is 0. The molecule has 1 aromatic rings. The van der Waals surface area contributed by atoms with Crippen molar-refractivity contribution in [1.29, 1.82) is 0 Å². The van der Waals surface area contributed by atoms with Crippen LogP contribution in [0.3, 0.4) is 0 Å². The second kappa shape index (κ2) is 3.80. The van der Waals surface area contributed by atoms with Gasteiger partial charge in [0, 0.05) is 6.54 Å². The van der Waals surface area contributed by atoms with Crippen LogP contribution in [0.1, 0.15) is 17.2 Å². The second-order valence-corrected chi connectivity index (χ2v) is 3.46. The summed E-state index contributed by atoms with van der Waals surface area (Å²) in [5.74, 6) is -0.0326. The largest absolute Gasteiger partial charge is 0.362 e. The molecule has 74 valence electrons. The number of aryl methyl sites for hydroxylation is 1. The summed E-state index contributed by atoms with van der Waals surface area (Å²) in [7, 11) is 0. The standard InChI is InChI=1S/C11H13NO2/c1-8-4-2-3-5-9(8)10-6-12-11(13)7-14-10/h2-5,10H,6-7H2,1H3,(H,12,13). The summed E-state index contributed by atoms with van der Waals surface area (Å²) in [5, 5.41) is 2.79. The molecule has 1 aliphatic heterocycles. The Morgan fingerprint density at radius 1 is 1.43 bits per heavy atom. The van der Waals surface area contributed by atoms with Crippen molar-refractivity contribution in [3.63, 3.8) is 0 Å². The third-order valence-electron chi connectivity index (χ3n) is 2.44. The summed E-state index contributed by atoms with van der Waals surface area (Å²) in [6, 6.07) is 8.08. The van der Waals surface area contributed by atoms with E-state index in [4.69, 9.17) is 4.74 Å². The minimum absolute atomic E-state index is 0.00824. The average molecular weight is 191 g/mol. The van der Waals surface area contributed by atoms with Crippen molar-refractivity contribution in [2.75, 3.05) is 13.2 Å². The van der Waals surface area contributed by atoms with Gasteiger partial charge in [-0.05, 0) is 18.1 Å². The minimum atomic E-state index is -0.0326. The van der Waals surface area contributed by atoms with Crippen LogP contribution >= 0.6 is 0 Å². The van der Waals surface area contributed by atoms with Gasteiger partial charge >= 0.3 is 0 Å². The number of carbonyl (C=O) groups excluding carboxylic acids is 1. The molecule has 0 aliphatic carbocycles. The molecule has 1 atom stereocenters. The van der Waals surface area contributed by atoms with Gasteiger partial charge in [-0.1, -0.05) is 24.3 Å². The first-order valence-electron chi connectivity index (χ1n) is 4.71. The molecule has 2 rings (SSSR count). The fourth-order valence-corrected chi connectivity index (χ4v) is 1.64. The number of amides is 1. The maximum absolute atomic E-state index is 10.9. The van der Waals surface area contributed by atoms with Crippen LogP contribution in [0.4, 0.5) is 0 Å². The Hall–Kier alpha value is -1.35. The van der Waals surface area contributed by atoms with Gasteiger partial charge < -0.3 is 10.1 Å². The van der Waals surface area contributed by atoms with E-state index < -0.39 is 0 Å². The van der Waals surface area contributed by atoms with Crippen LogP contribution < -0.4 is 5.32 Å². The van der Waals surface area contributed by atoms with E-state index >= 15 is 0 Å². The quantitative estimate of drug-likeness (QED) is 0.724. The molecule has 0 radical (unpaired) electrons. The van der Waals surface area contributed by atoms with Crippen molar-refractivity contribution in [1.82, 2.24) is 5.32 Å². The number of hydrogen-bond acceptors (Lipinski definition) is 2. The third kappa shape index (κ3) is 1.77. The lowest BCUT2D eigenvalue weighted by Crippen LogP contribution is -2.38. The number of morpholine rings is 1. The van der Waals surface area contributed by atoms with Gasteiger partial charge in [0.1, 0.15) is 12.7 Å². The van der Waals surface area contributed by atoms with E-state index in [1.54, 1.807) is 0 Å². The Labute approximate surface area is 83.1 Å². The first-order valence-corrected chi connectivity index (χ1v) is 4.71. The Morgan fingerprint density at radius 3 is 2.86 bits per heavy atom. The summed E-state index contributed by atoms with van der Waals surface area (Å²) in [5.41, 5.74) is 2.36. The Bertz CT molecular complexity index is 339. The fraction of sp³-hybridized carbons (Fsp3) is 0.364. The third-order valence-corrected chi connectivity index (χ3v) is 2.44. The maximum Gasteiger partial charge on any atom is 0.246 e. The van der Waals surface area contributed by atoms with Gasteiger partial charge in [-0.2, -0.15) is 0 Å². The van der Waals surface area contributed by atoms with E-state index in [0.717, 1.165) is 5.56 Å². The zero-order valence-corrected chi connectivity index (χ0v) is 8.12. The van der Waals surface area contributed by atoms with E-state index in [1.807, 2.05) is 18.2 Å². The van der Waals surface area contributed by atoms with E-state index in [1.165, 1.54) is 5.56 Å². The Kier molecular flexibility index (Phi) is 2.50. The summed E-state index contributed by atoms with van der Waals surface area (Å²) in [6.45, 7) is 2.79. The lowest BCUT2D eigenvalue weighted by atomic mass is 10.0. The zero-order valence-electron chi connectivity index (χ0n) is 8.12. The van der Waals surface area contributed by atoms with Crippen LogP contribution in [-0.4, -0.2) is 19.1 Å². The highest BCUT2D eigenvalue weighted by Gasteiger charge is 2.20. The molecule has 14 heavy (non-hydrogen) atoms. The van der Waals surface area contributed by atoms with Gasteiger partial charge in [-0.3, -0.25) is 4.79 Å². The van der Waals surface area contributed by atoms with Crippen molar-refractivity contribution in [3.8, 4) is 0 Å². The van der Waals surface area contributed by atoms with Crippen LogP contribution in [0.5, 0.6) is 0 Å². The van der Waals surface area contributed by atoms with Gasteiger partial charge in [0.15, 0.2) is 0 Å². The zero-order chi connectivity index (χ0) is 9.97. The van der Waals surface area contributed by atoms with Crippen molar-refractivity contribution in [2.24, 2.45) is 0 Å². The maximum atomic E-state index is 10.9. The van der Waals surface area contributed by atoms with Gasteiger partial charge in [0.2, 0.25) is 5.91 Å². The van der Waals surface area contributed by atoms with Gasteiger partial charge in [0.05, 0.1) is 0 Å². The SMILES string of the molecule is Cc1ccccc1C1CNC(=O)CO1. The van der Waals surface area contributed by atoms with Crippen molar-refractivity contribution in [3.05, 3.63) is 35.4 Å². The number of benzene rings is 1. The number of rotatable bonds is 1. The van der Waals surface area contributed by atoms with Crippen molar-refractivity contribution in [2.45, 2.75) is 13.0 Å².